The molecule has 0 fully saturated rings. The van der Waals surface area contributed by atoms with Crippen molar-refractivity contribution in [2.24, 2.45) is 0 Å². The maximum atomic E-state index is 11.4. The maximum absolute atomic E-state index is 11.4. The van der Waals surface area contributed by atoms with E-state index in [1.54, 1.807) is 12.1 Å². The fraction of sp³-hybridized carbons (Fsp3) is 0.500. The van der Waals surface area contributed by atoms with Crippen LogP contribution in [0.5, 0.6) is 0 Å². The van der Waals surface area contributed by atoms with Gasteiger partial charge in [0.2, 0.25) is 0 Å². The van der Waals surface area contributed by atoms with Crippen molar-refractivity contribution in [2.75, 3.05) is 13.2 Å². The van der Waals surface area contributed by atoms with Crippen LogP contribution < -0.4 is 0 Å². The highest BCUT2D eigenvalue weighted by Gasteiger charge is 2.18. The Hall–Kier alpha value is -1.85. The fourth-order valence-electron chi connectivity index (χ4n) is 2.99. The number of hydrogen-bond donors (Lipinski definition) is 3. The molecular weight excluding hydrogens is 294 g/mol. The highest BCUT2D eigenvalue weighted by atomic mass is 16.4. The molecule has 0 unspecified atom stereocenters. The first-order valence-corrected chi connectivity index (χ1v) is 8.10. The number of carboxylic acids is 1. The number of aryl methyl sites for hydroxylation is 2. The molecule has 3 N–H and O–H groups in total. The molecule has 1 heterocycles. The standard InChI is InChI=1S/C18H25NO4/c1-12(2)15-9-14(18(22)23)10-16-13(5-3-7-20)11-19(17(15)16)6-4-8-21/h9-12,20-21H,3-8H2,1-2H3,(H,22,23). The van der Waals surface area contributed by atoms with Gasteiger partial charge in [-0.3, -0.25) is 0 Å². The predicted octanol–water partition coefficient (Wildman–Crippen LogP) is 2.77. The first kappa shape index (κ1) is 17.5. The second-order valence-electron chi connectivity index (χ2n) is 6.17. The number of aromatic carboxylic acids is 1. The van der Waals surface area contributed by atoms with Gasteiger partial charge in [0.05, 0.1) is 11.1 Å². The summed E-state index contributed by atoms with van der Waals surface area (Å²) in [5.74, 6) is -0.727. The van der Waals surface area contributed by atoms with Gasteiger partial charge in [-0.2, -0.15) is 0 Å². The average Bonchev–Trinajstić information content (AvgIpc) is 2.87. The van der Waals surface area contributed by atoms with E-state index in [-0.39, 0.29) is 19.1 Å². The summed E-state index contributed by atoms with van der Waals surface area (Å²) in [6.45, 7) is 5.03. The Labute approximate surface area is 136 Å². The van der Waals surface area contributed by atoms with Crippen molar-refractivity contribution in [3.05, 3.63) is 35.0 Å². The number of aliphatic hydroxyl groups excluding tert-OH is 2. The molecule has 0 aliphatic rings. The molecule has 2 rings (SSSR count). The van der Waals surface area contributed by atoms with Gasteiger partial charge in [-0.15, -0.1) is 0 Å². The van der Waals surface area contributed by atoms with E-state index in [1.807, 2.05) is 6.20 Å². The molecular formula is C18H25NO4. The number of hydrogen-bond acceptors (Lipinski definition) is 3. The van der Waals surface area contributed by atoms with Crippen LogP contribution in [0.25, 0.3) is 10.9 Å². The van der Waals surface area contributed by atoms with Crippen LogP contribution >= 0.6 is 0 Å². The largest absolute Gasteiger partial charge is 0.478 e. The molecule has 2 aromatic rings. The minimum Gasteiger partial charge on any atom is -0.478 e. The third-order valence-electron chi connectivity index (χ3n) is 4.11. The Morgan fingerprint density at radius 1 is 1.17 bits per heavy atom. The molecule has 5 heteroatoms. The zero-order chi connectivity index (χ0) is 17.0. The molecule has 0 saturated carbocycles. The number of carbonyl (C=O) groups is 1. The summed E-state index contributed by atoms with van der Waals surface area (Å²) in [7, 11) is 0. The van der Waals surface area contributed by atoms with E-state index in [1.165, 1.54) is 0 Å². The third kappa shape index (κ3) is 3.74. The van der Waals surface area contributed by atoms with Crippen molar-refractivity contribution in [3.63, 3.8) is 0 Å². The van der Waals surface area contributed by atoms with Crippen molar-refractivity contribution < 1.29 is 20.1 Å². The van der Waals surface area contributed by atoms with Gasteiger partial charge in [0.1, 0.15) is 0 Å². The Bertz CT molecular complexity index is 688. The van der Waals surface area contributed by atoms with Crippen molar-refractivity contribution >= 4 is 16.9 Å². The number of aliphatic hydroxyl groups is 2. The number of benzene rings is 1. The lowest BCUT2D eigenvalue weighted by Gasteiger charge is -2.13. The van der Waals surface area contributed by atoms with E-state index in [9.17, 15) is 9.90 Å². The van der Waals surface area contributed by atoms with Crippen LogP contribution in [0.1, 0.15) is 54.1 Å². The van der Waals surface area contributed by atoms with Crippen LogP contribution in [0.4, 0.5) is 0 Å². The second kappa shape index (κ2) is 7.62. The maximum Gasteiger partial charge on any atom is 0.335 e. The molecule has 0 radical (unpaired) electrons. The summed E-state index contributed by atoms with van der Waals surface area (Å²) in [6.07, 6.45) is 4.04. The number of rotatable bonds is 8. The highest BCUT2D eigenvalue weighted by Crippen LogP contribution is 2.32. The molecule has 1 aromatic heterocycles. The quantitative estimate of drug-likeness (QED) is 0.699. The lowest BCUT2D eigenvalue weighted by Crippen LogP contribution is -2.04. The van der Waals surface area contributed by atoms with Gasteiger partial charge in [-0.05, 0) is 48.4 Å². The summed E-state index contributed by atoms with van der Waals surface area (Å²) in [5.41, 5.74) is 3.41. The first-order valence-electron chi connectivity index (χ1n) is 8.10. The summed E-state index contributed by atoms with van der Waals surface area (Å²) >= 11 is 0. The van der Waals surface area contributed by atoms with E-state index >= 15 is 0 Å². The van der Waals surface area contributed by atoms with Crippen LogP contribution in [0.3, 0.4) is 0 Å². The number of carboxylic acid groups (broad SMARTS) is 1. The molecule has 23 heavy (non-hydrogen) atoms. The average molecular weight is 319 g/mol. The smallest absolute Gasteiger partial charge is 0.335 e. The minimum absolute atomic E-state index is 0.110. The Kier molecular flexibility index (Phi) is 5.80. The van der Waals surface area contributed by atoms with Crippen LogP contribution in [0.15, 0.2) is 18.3 Å². The predicted molar refractivity (Wildman–Crippen MR) is 90.1 cm³/mol. The monoisotopic (exact) mass is 319 g/mol. The number of nitrogens with zero attached hydrogens (tertiary/aromatic N) is 1. The molecule has 1 aromatic carbocycles. The molecule has 126 valence electrons. The van der Waals surface area contributed by atoms with Crippen molar-refractivity contribution in [1.29, 1.82) is 0 Å². The Morgan fingerprint density at radius 2 is 1.87 bits per heavy atom. The van der Waals surface area contributed by atoms with Gasteiger partial charge in [0.25, 0.3) is 0 Å². The lowest BCUT2D eigenvalue weighted by atomic mass is 9.95. The molecule has 0 saturated heterocycles. The van der Waals surface area contributed by atoms with Crippen molar-refractivity contribution in [1.82, 2.24) is 4.57 Å². The Balaban J connectivity index is 2.68. The first-order chi connectivity index (χ1) is 11.0. The zero-order valence-electron chi connectivity index (χ0n) is 13.7. The van der Waals surface area contributed by atoms with Crippen LogP contribution in [-0.4, -0.2) is 39.1 Å². The van der Waals surface area contributed by atoms with E-state index in [4.69, 9.17) is 10.2 Å². The number of aromatic nitrogens is 1. The van der Waals surface area contributed by atoms with Gasteiger partial charge in [-0.25, -0.2) is 4.79 Å². The fourth-order valence-corrected chi connectivity index (χ4v) is 2.99. The molecule has 5 nitrogen and oxygen atoms in total. The summed E-state index contributed by atoms with van der Waals surface area (Å²) in [6, 6.07) is 3.48. The van der Waals surface area contributed by atoms with Crippen molar-refractivity contribution in [3.8, 4) is 0 Å². The van der Waals surface area contributed by atoms with Gasteiger partial charge < -0.3 is 19.9 Å². The minimum atomic E-state index is -0.926. The SMILES string of the molecule is CC(C)c1cc(C(=O)O)cc2c(CCCO)cn(CCCO)c12. The van der Waals surface area contributed by atoms with Crippen LogP contribution in [-0.2, 0) is 13.0 Å². The van der Waals surface area contributed by atoms with E-state index in [0.717, 1.165) is 22.0 Å². The van der Waals surface area contributed by atoms with Gasteiger partial charge in [0.15, 0.2) is 0 Å². The van der Waals surface area contributed by atoms with Gasteiger partial charge in [0, 0.05) is 31.3 Å². The third-order valence-corrected chi connectivity index (χ3v) is 4.11. The van der Waals surface area contributed by atoms with Crippen molar-refractivity contribution in [2.45, 2.75) is 45.6 Å². The summed E-state index contributed by atoms with van der Waals surface area (Å²) < 4.78 is 2.11. The molecule has 0 amide bonds. The second-order valence-corrected chi connectivity index (χ2v) is 6.17. The lowest BCUT2D eigenvalue weighted by molar-refractivity contribution is 0.0697. The van der Waals surface area contributed by atoms with Crippen LogP contribution in [0.2, 0.25) is 0 Å². The molecule has 0 atom stereocenters. The van der Waals surface area contributed by atoms with Gasteiger partial charge in [-0.1, -0.05) is 13.8 Å². The number of fused-ring (bicyclic) bond motifs is 1. The van der Waals surface area contributed by atoms with E-state index in [2.05, 4.69) is 18.4 Å². The van der Waals surface area contributed by atoms with E-state index in [0.29, 0.717) is 31.4 Å². The summed E-state index contributed by atoms with van der Waals surface area (Å²) in [4.78, 5) is 11.4. The molecule has 0 bridgehead atoms. The zero-order valence-corrected chi connectivity index (χ0v) is 13.7. The highest BCUT2D eigenvalue weighted by molar-refractivity contribution is 5.97. The Morgan fingerprint density at radius 3 is 2.43 bits per heavy atom. The van der Waals surface area contributed by atoms with Crippen LogP contribution in [0, 0.1) is 0 Å². The topological polar surface area (TPSA) is 82.7 Å². The normalized spacial score (nSPS) is 11.5. The summed E-state index contributed by atoms with van der Waals surface area (Å²) in [5, 5.41) is 28.5. The molecule has 0 aliphatic heterocycles. The van der Waals surface area contributed by atoms with E-state index < -0.39 is 5.97 Å². The van der Waals surface area contributed by atoms with Gasteiger partial charge >= 0.3 is 5.97 Å². The molecule has 0 aliphatic carbocycles. The molecule has 0 spiro atoms.